The summed E-state index contributed by atoms with van der Waals surface area (Å²) in [5.41, 5.74) is 0.951. The Morgan fingerprint density at radius 3 is 2.69 bits per heavy atom. The lowest BCUT2D eigenvalue weighted by Gasteiger charge is -2.00. The lowest BCUT2D eigenvalue weighted by Crippen LogP contribution is -2.02. The molecule has 0 unspecified atom stereocenters. The summed E-state index contributed by atoms with van der Waals surface area (Å²) in [7, 11) is 0. The predicted octanol–water partition coefficient (Wildman–Crippen LogP) is 0.674. The number of nitrogens with zero attached hydrogens (tertiary/aromatic N) is 5. The van der Waals surface area contributed by atoms with Crippen molar-refractivity contribution in [1.82, 2.24) is 25.2 Å². The molecule has 0 aliphatic carbocycles. The Labute approximate surface area is 75.4 Å². The predicted molar refractivity (Wildman–Crippen MR) is 46.4 cm³/mol. The number of hydrogen-bond acceptors (Lipinski definition) is 4. The summed E-state index contributed by atoms with van der Waals surface area (Å²) in [4.78, 5) is 4.30. The molecule has 0 saturated heterocycles. The van der Waals surface area contributed by atoms with Gasteiger partial charge in [0.15, 0.2) is 11.6 Å². The second kappa shape index (κ2) is 2.93. The van der Waals surface area contributed by atoms with Gasteiger partial charge in [0.2, 0.25) is 0 Å². The number of hydrogen-bond donors (Lipinski definition) is 0. The molecule has 0 aliphatic heterocycles. The molecule has 0 spiro atoms. The zero-order valence-corrected chi connectivity index (χ0v) is 7.47. The van der Waals surface area contributed by atoms with Gasteiger partial charge in [0.1, 0.15) is 0 Å². The van der Waals surface area contributed by atoms with Gasteiger partial charge < -0.3 is 0 Å². The van der Waals surface area contributed by atoms with Crippen LogP contribution < -0.4 is 0 Å². The third kappa shape index (κ3) is 1.40. The molecular formula is C8H9N5. The largest absolute Gasteiger partial charge is 0.234 e. The van der Waals surface area contributed by atoms with Crippen molar-refractivity contribution in [3.05, 3.63) is 29.7 Å². The quantitative estimate of drug-likeness (QED) is 0.639. The van der Waals surface area contributed by atoms with Crippen LogP contribution in [-0.4, -0.2) is 25.2 Å². The van der Waals surface area contributed by atoms with Crippen molar-refractivity contribution in [3.8, 4) is 5.82 Å². The van der Waals surface area contributed by atoms with Crippen LogP contribution >= 0.6 is 0 Å². The van der Waals surface area contributed by atoms with Gasteiger partial charge in [-0.1, -0.05) is 6.07 Å². The van der Waals surface area contributed by atoms with E-state index in [0.717, 1.165) is 17.3 Å². The maximum atomic E-state index is 4.30. The lowest BCUT2D eigenvalue weighted by atomic mass is 10.4. The van der Waals surface area contributed by atoms with E-state index in [9.17, 15) is 0 Å². The van der Waals surface area contributed by atoms with Crippen molar-refractivity contribution in [2.75, 3.05) is 0 Å². The number of pyridine rings is 1. The first-order valence-electron chi connectivity index (χ1n) is 3.96. The van der Waals surface area contributed by atoms with Gasteiger partial charge in [-0.3, -0.25) is 0 Å². The Morgan fingerprint density at radius 2 is 2.08 bits per heavy atom. The average Bonchev–Trinajstić information content (AvgIpc) is 2.51. The smallest absolute Gasteiger partial charge is 0.157 e. The summed E-state index contributed by atoms with van der Waals surface area (Å²) < 4.78 is 1.60. The molecule has 13 heavy (non-hydrogen) atoms. The molecule has 0 N–H and O–H groups in total. The number of tetrazole rings is 1. The van der Waals surface area contributed by atoms with Crippen LogP contribution in [0.1, 0.15) is 11.5 Å². The van der Waals surface area contributed by atoms with Crippen LogP contribution in [0.15, 0.2) is 18.2 Å². The van der Waals surface area contributed by atoms with E-state index >= 15 is 0 Å². The lowest BCUT2D eigenvalue weighted by molar-refractivity contribution is 0.757. The summed E-state index contributed by atoms with van der Waals surface area (Å²) in [6, 6.07) is 5.73. The Balaban J connectivity index is 2.53. The van der Waals surface area contributed by atoms with Gasteiger partial charge in [0, 0.05) is 5.69 Å². The first kappa shape index (κ1) is 7.85. The van der Waals surface area contributed by atoms with Gasteiger partial charge in [-0.15, -0.1) is 5.10 Å². The topological polar surface area (TPSA) is 56.5 Å². The SMILES string of the molecule is Cc1cccc(-n2nnnc2C)n1. The molecule has 5 nitrogen and oxygen atoms in total. The third-order valence-electron chi connectivity index (χ3n) is 1.72. The highest BCUT2D eigenvalue weighted by Gasteiger charge is 2.03. The summed E-state index contributed by atoms with van der Waals surface area (Å²) in [5, 5.41) is 11.2. The summed E-state index contributed by atoms with van der Waals surface area (Å²) >= 11 is 0. The van der Waals surface area contributed by atoms with Crippen LogP contribution in [0.2, 0.25) is 0 Å². The minimum Gasteiger partial charge on any atom is -0.234 e. The van der Waals surface area contributed by atoms with E-state index in [1.165, 1.54) is 0 Å². The van der Waals surface area contributed by atoms with Gasteiger partial charge in [0.05, 0.1) is 0 Å². The first-order chi connectivity index (χ1) is 6.27. The van der Waals surface area contributed by atoms with Crippen molar-refractivity contribution in [3.63, 3.8) is 0 Å². The second-order valence-corrected chi connectivity index (χ2v) is 2.78. The van der Waals surface area contributed by atoms with E-state index in [4.69, 9.17) is 0 Å². The van der Waals surface area contributed by atoms with Gasteiger partial charge in [0.25, 0.3) is 0 Å². The average molecular weight is 175 g/mol. The number of rotatable bonds is 1. The van der Waals surface area contributed by atoms with E-state index < -0.39 is 0 Å². The molecule has 2 heterocycles. The van der Waals surface area contributed by atoms with Gasteiger partial charge >= 0.3 is 0 Å². The van der Waals surface area contributed by atoms with E-state index in [1.54, 1.807) is 4.68 Å². The van der Waals surface area contributed by atoms with E-state index in [1.807, 2.05) is 32.0 Å². The van der Waals surface area contributed by atoms with Crippen LogP contribution in [0.3, 0.4) is 0 Å². The van der Waals surface area contributed by atoms with E-state index in [0.29, 0.717) is 0 Å². The van der Waals surface area contributed by atoms with Crippen molar-refractivity contribution in [2.45, 2.75) is 13.8 Å². The van der Waals surface area contributed by atoms with Crippen LogP contribution in [0.4, 0.5) is 0 Å². The molecule has 0 bridgehead atoms. The molecule has 66 valence electrons. The Kier molecular flexibility index (Phi) is 1.77. The molecule has 0 aliphatic rings. The molecule has 5 heteroatoms. The highest BCUT2D eigenvalue weighted by molar-refractivity contribution is 5.23. The molecule has 0 amide bonds. The van der Waals surface area contributed by atoms with Gasteiger partial charge in [-0.25, -0.2) is 4.98 Å². The molecule has 0 fully saturated rings. The zero-order chi connectivity index (χ0) is 9.26. The molecule has 2 rings (SSSR count). The van der Waals surface area contributed by atoms with Gasteiger partial charge in [-0.2, -0.15) is 4.68 Å². The summed E-state index contributed by atoms with van der Waals surface area (Å²) in [5.74, 6) is 1.49. The van der Waals surface area contributed by atoms with E-state index in [-0.39, 0.29) is 0 Å². The zero-order valence-electron chi connectivity index (χ0n) is 7.47. The van der Waals surface area contributed by atoms with Crippen molar-refractivity contribution >= 4 is 0 Å². The third-order valence-corrected chi connectivity index (χ3v) is 1.72. The highest BCUT2D eigenvalue weighted by atomic mass is 15.5. The maximum absolute atomic E-state index is 4.30. The molecule has 2 aromatic rings. The van der Waals surface area contributed by atoms with Gasteiger partial charge in [-0.05, 0) is 36.4 Å². The van der Waals surface area contributed by atoms with Crippen LogP contribution in [0.5, 0.6) is 0 Å². The minimum atomic E-state index is 0.734. The standard InChI is InChI=1S/C8H9N5/c1-6-4-3-5-8(9-6)13-7(2)10-11-12-13/h3-5H,1-2H3. The van der Waals surface area contributed by atoms with E-state index in [2.05, 4.69) is 20.5 Å². The number of aromatic nitrogens is 5. The fourth-order valence-corrected chi connectivity index (χ4v) is 1.09. The molecule has 0 aromatic carbocycles. The van der Waals surface area contributed by atoms with Crippen LogP contribution in [0, 0.1) is 13.8 Å². The van der Waals surface area contributed by atoms with Crippen molar-refractivity contribution in [2.24, 2.45) is 0 Å². The van der Waals surface area contributed by atoms with Crippen molar-refractivity contribution in [1.29, 1.82) is 0 Å². The fourth-order valence-electron chi connectivity index (χ4n) is 1.09. The van der Waals surface area contributed by atoms with Crippen LogP contribution in [0.25, 0.3) is 5.82 Å². The molecule has 2 aromatic heterocycles. The monoisotopic (exact) mass is 175 g/mol. The number of aryl methyl sites for hydroxylation is 2. The molecule has 0 saturated carbocycles. The summed E-state index contributed by atoms with van der Waals surface area (Å²) in [6.07, 6.45) is 0. The molecule has 0 atom stereocenters. The van der Waals surface area contributed by atoms with Crippen molar-refractivity contribution < 1.29 is 0 Å². The Hall–Kier alpha value is -1.78. The first-order valence-corrected chi connectivity index (χ1v) is 3.96. The van der Waals surface area contributed by atoms with Crippen LogP contribution in [-0.2, 0) is 0 Å². The highest BCUT2D eigenvalue weighted by Crippen LogP contribution is 2.04. The maximum Gasteiger partial charge on any atom is 0.157 e. The molecular weight excluding hydrogens is 166 g/mol. The fraction of sp³-hybridized carbons (Fsp3) is 0.250. The Bertz CT molecular complexity index is 420. The summed E-state index contributed by atoms with van der Waals surface area (Å²) in [6.45, 7) is 3.77. The normalized spacial score (nSPS) is 10.3. The minimum absolute atomic E-state index is 0.734. The second-order valence-electron chi connectivity index (χ2n) is 2.78. The molecule has 0 radical (unpaired) electrons. The Morgan fingerprint density at radius 1 is 1.23 bits per heavy atom.